The molecule has 2 saturated heterocycles. The molecule has 21 heteroatoms. The van der Waals surface area contributed by atoms with Crippen LogP contribution in [0.4, 0.5) is 5.13 Å². The molecule has 43 heavy (non-hydrogen) atoms. The van der Waals surface area contributed by atoms with E-state index in [1.165, 1.54) is 45.6 Å². The summed E-state index contributed by atoms with van der Waals surface area (Å²) in [5.41, 5.74) is 18.0. The van der Waals surface area contributed by atoms with Crippen LogP contribution in [0.2, 0.25) is 0 Å². The van der Waals surface area contributed by atoms with E-state index >= 15 is 0 Å². The maximum atomic E-state index is 13.1. The number of aliphatic carboxylic acids is 1. The van der Waals surface area contributed by atoms with Gasteiger partial charge in [0, 0.05) is 32.8 Å². The number of carboxylic acids is 1. The second-order valence-corrected chi connectivity index (χ2v) is 14.0. The van der Waals surface area contributed by atoms with E-state index in [0.29, 0.717) is 17.3 Å². The molecule has 2 amide bonds. The monoisotopic (exact) mass is 727 g/mol. The Morgan fingerprint density at radius 1 is 1.19 bits per heavy atom. The molecule has 2 aromatic rings. The highest BCUT2D eigenvalue weighted by molar-refractivity contribution is 8.13. The first kappa shape index (κ1) is 36.6. The summed E-state index contributed by atoms with van der Waals surface area (Å²) in [5.74, 6) is -1.34. The molecule has 2 aliphatic heterocycles. The van der Waals surface area contributed by atoms with E-state index in [9.17, 15) is 24.7 Å². The second-order valence-electron chi connectivity index (χ2n) is 8.63. The van der Waals surface area contributed by atoms with Crippen molar-refractivity contribution in [3.05, 3.63) is 40.4 Å². The predicted molar refractivity (Wildman–Crippen MR) is 178 cm³/mol. The van der Waals surface area contributed by atoms with Crippen LogP contribution in [-0.4, -0.2) is 82.5 Å². The Morgan fingerprint density at radius 2 is 1.86 bits per heavy atom. The van der Waals surface area contributed by atoms with E-state index in [4.69, 9.17) is 28.0 Å². The van der Waals surface area contributed by atoms with Crippen molar-refractivity contribution in [1.82, 2.24) is 15.2 Å². The lowest BCUT2D eigenvalue weighted by atomic mass is 10.0. The molecule has 2 aliphatic rings. The number of nitrogens with two attached hydrogens (primary N) is 3. The number of aromatic nitrogens is 1. The molecule has 0 aliphatic carbocycles. The first-order valence-electron chi connectivity index (χ1n) is 11.6. The van der Waals surface area contributed by atoms with Crippen LogP contribution >= 0.6 is 83.2 Å². The van der Waals surface area contributed by atoms with Gasteiger partial charge in [-0.3, -0.25) is 20.4 Å². The average Bonchev–Trinajstić information content (AvgIpc) is 3.35. The molecule has 234 valence electrons. The van der Waals surface area contributed by atoms with Crippen molar-refractivity contribution >= 4 is 122 Å². The summed E-state index contributed by atoms with van der Waals surface area (Å²) in [7, 11) is 0. The number of β-lactam (4-membered cyclic amide) rings is 1. The first-order chi connectivity index (χ1) is 19.5. The van der Waals surface area contributed by atoms with E-state index in [2.05, 4.69) is 15.5 Å². The summed E-state index contributed by atoms with van der Waals surface area (Å²) in [6, 6.07) is 3.48. The number of nitrogens with zero attached hydrogens (tertiary/aromatic N) is 3. The largest absolute Gasteiger partial charge is 0.480 e. The van der Waals surface area contributed by atoms with Crippen molar-refractivity contribution < 1.29 is 24.7 Å². The van der Waals surface area contributed by atoms with Crippen LogP contribution in [0.1, 0.15) is 16.8 Å². The van der Waals surface area contributed by atoms with Gasteiger partial charge in [0.2, 0.25) is 5.91 Å². The minimum Gasteiger partial charge on any atom is -0.480 e. The zero-order valence-corrected chi connectivity index (χ0v) is 27.5. The minimum atomic E-state index is -1.17. The third-order valence-corrected chi connectivity index (χ3v) is 11.2. The van der Waals surface area contributed by atoms with Crippen LogP contribution in [0, 0.1) is 10.8 Å². The molecular formula is C22H27Cl2N9O5S5. The minimum absolute atomic E-state index is 0. The van der Waals surface area contributed by atoms with Crippen LogP contribution in [0.25, 0.3) is 0 Å². The van der Waals surface area contributed by atoms with Crippen molar-refractivity contribution in [2.24, 2.45) is 16.6 Å². The number of thiazole rings is 1. The lowest BCUT2D eigenvalue weighted by molar-refractivity contribution is -0.161. The van der Waals surface area contributed by atoms with Gasteiger partial charge in [0.25, 0.3) is 5.91 Å². The molecule has 0 bridgehead atoms. The lowest BCUT2D eigenvalue weighted by Crippen LogP contribution is -2.76. The van der Waals surface area contributed by atoms with Crippen molar-refractivity contribution in [3.8, 4) is 0 Å². The Labute approximate surface area is 279 Å². The van der Waals surface area contributed by atoms with E-state index in [-0.39, 0.29) is 46.0 Å². The highest BCUT2D eigenvalue weighted by atomic mass is 35.5. The van der Waals surface area contributed by atoms with Crippen LogP contribution in [0.15, 0.2) is 33.6 Å². The number of thioether (sulfide) groups is 4. The van der Waals surface area contributed by atoms with Crippen molar-refractivity contribution in [1.29, 1.82) is 10.8 Å². The summed E-state index contributed by atoms with van der Waals surface area (Å²) in [6.45, 7) is 0. The highest BCUT2D eigenvalue weighted by Gasteiger charge is 2.58. The number of nitrogens with one attached hydrogen (secondary N) is 3. The van der Waals surface area contributed by atoms with Gasteiger partial charge in [-0.15, -0.1) is 59.7 Å². The molecule has 2 fully saturated rings. The Hall–Kier alpha value is -2.55. The Balaban J connectivity index is 0.00000323. The Kier molecular flexibility index (Phi) is 13.6. The van der Waals surface area contributed by atoms with Gasteiger partial charge in [0.05, 0.1) is 0 Å². The first-order valence-corrected chi connectivity index (χ1v) is 16.4. The normalized spacial score (nSPS) is 21.0. The fourth-order valence-corrected chi connectivity index (χ4v) is 8.85. The number of rotatable bonds is 10. The van der Waals surface area contributed by atoms with Gasteiger partial charge in [-0.05, 0) is 17.2 Å². The van der Waals surface area contributed by atoms with Gasteiger partial charge >= 0.3 is 5.97 Å². The summed E-state index contributed by atoms with van der Waals surface area (Å²) >= 11 is 6.03. The van der Waals surface area contributed by atoms with Crippen LogP contribution in [0.3, 0.4) is 0 Å². The van der Waals surface area contributed by atoms with Gasteiger partial charge in [0.1, 0.15) is 23.2 Å². The number of amides is 2. The number of carbonyl (C=O) groups excluding carboxylic acids is 2. The molecular weight excluding hydrogens is 702 g/mol. The van der Waals surface area contributed by atoms with E-state index in [1.54, 1.807) is 0 Å². The van der Waals surface area contributed by atoms with Crippen LogP contribution in [0.5, 0.6) is 0 Å². The van der Waals surface area contributed by atoms with Crippen molar-refractivity contribution in [2.45, 2.75) is 39.1 Å². The Morgan fingerprint density at radius 3 is 2.44 bits per heavy atom. The summed E-state index contributed by atoms with van der Waals surface area (Å²) in [5, 5.41) is 40.4. The lowest BCUT2D eigenvalue weighted by Gasteiger charge is -2.54. The van der Waals surface area contributed by atoms with Gasteiger partial charge in [0.15, 0.2) is 21.2 Å². The molecule has 4 atom stereocenters. The molecule has 11 N–H and O–H groups in total. The maximum Gasteiger partial charge on any atom is 0.327 e. The SMILES string of the molecule is Cl.Cl.N=C(N)SCc1ccc(SC2CS[C@@H]3[C@H](NC(=O)/C(=N\O)c4csc(N)n4)C(=O)N3C2C(=O)O)c(CSC(=N)N)c1. The number of benzene rings is 1. The zero-order chi connectivity index (χ0) is 29.8. The highest BCUT2D eigenvalue weighted by Crippen LogP contribution is 2.44. The predicted octanol–water partition coefficient (Wildman–Crippen LogP) is 2.01. The van der Waals surface area contributed by atoms with Gasteiger partial charge in [-0.1, -0.05) is 40.8 Å². The molecule has 3 heterocycles. The Bertz CT molecular complexity index is 1430. The number of anilines is 1. The topological polar surface area (TPSA) is 258 Å². The fourth-order valence-electron chi connectivity index (χ4n) is 4.18. The van der Waals surface area contributed by atoms with Crippen molar-refractivity contribution in [3.63, 3.8) is 0 Å². The molecule has 4 rings (SSSR count). The molecule has 14 nitrogen and oxygen atoms in total. The van der Waals surface area contributed by atoms with Crippen molar-refractivity contribution in [2.75, 3.05) is 11.5 Å². The number of nitrogen functional groups attached to an aromatic ring is 1. The maximum absolute atomic E-state index is 13.1. The second kappa shape index (κ2) is 16.0. The average molecular weight is 729 g/mol. The van der Waals surface area contributed by atoms with Crippen LogP contribution in [-0.2, 0) is 25.9 Å². The number of hydrogen-bond donors (Lipinski definition) is 8. The number of halogens is 2. The molecule has 1 aromatic carbocycles. The fraction of sp³-hybridized carbons (Fsp3) is 0.318. The number of oxime groups is 1. The van der Waals surface area contributed by atoms with E-state index in [1.807, 2.05) is 18.2 Å². The molecule has 2 unspecified atom stereocenters. The number of fused-ring (bicyclic) bond motifs is 1. The standard InChI is InChI=1S/C22H25N9O5S5.2ClH/c23-20(24)38-4-8-1-2-11(9(3-8)5-39-21(25)26)41-12-7-37-18-14(17(33)31(18)15(12)19(34)35)29-16(32)13(30-36)10-6-40-22(27)28-10;;/h1-3,6,12,14-15,18,36H,4-5,7H2,(H3,23,24)(H3,25,26)(H2,27,28)(H,29,32)(H,34,35);2*1H/b30-13-;;/t12?,14-,15?,18-;;/m1../s1. The van der Waals surface area contributed by atoms with E-state index < -0.39 is 46.2 Å². The smallest absolute Gasteiger partial charge is 0.327 e. The van der Waals surface area contributed by atoms with Gasteiger partial charge in [-0.25, -0.2) is 9.78 Å². The quantitative estimate of drug-likeness (QED) is 0.0573. The third-order valence-electron chi connectivity index (χ3n) is 5.96. The zero-order valence-electron chi connectivity index (χ0n) is 21.8. The number of hydrogen-bond acceptors (Lipinski definition) is 14. The number of carbonyl (C=O) groups is 3. The van der Waals surface area contributed by atoms with Gasteiger partial charge < -0.3 is 37.7 Å². The summed E-state index contributed by atoms with van der Waals surface area (Å²) in [6.07, 6.45) is 0. The van der Waals surface area contributed by atoms with Crippen LogP contribution < -0.4 is 22.5 Å². The summed E-state index contributed by atoms with van der Waals surface area (Å²) < 4.78 is 0. The van der Waals surface area contributed by atoms with E-state index in [0.717, 1.165) is 39.1 Å². The summed E-state index contributed by atoms with van der Waals surface area (Å²) in [4.78, 5) is 44.3. The molecule has 0 spiro atoms. The number of amidine groups is 2. The van der Waals surface area contributed by atoms with Gasteiger partial charge in [-0.2, -0.15) is 0 Å². The molecule has 1 aromatic heterocycles. The molecule has 0 radical (unpaired) electrons. The third kappa shape index (κ3) is 8.55. The molecule has 0 saturated carbocycles. The number of carboxylic acid groups (broad SMARTS) is 1.